The van der Waals surface area contributed by atoms with Gasteiger partial charge in [-0.2, -0.15) is 0 Å². The molecule has 1 aromatic carbocycles. The van der Waals surface area contributed by atoms with Crippen molar-refractivity contribution in [2.24, 2.45) is 0 Å². The monoisotopic (exact) mass is 275 g/mol. The molecule has 0 radical (unpaired) electrons. The van der Waals surface area contributed by atoms with E-state index in [4.69, 9.17) is 9.57 Å². The zero-order chi connectivity index (χ0) is 14.7. The summed E-state index contributed by atoms with van der Waals surface area (Å²) in [5, 5.41) is 1.70. The molecule has 4 heteroatoms. The van der Waals surface area contributed by atoms with E-state index in [2.05, 4.69) is 0 Å². The zero-order valence-corrected chi connectivity index (χ0v) is 12.4. The molecule has 4 nitrogen and oxygen atoms in total. The maximum atomic E-state index is 11.3. The van der Waals surface area contributed by atoms with E-state index in [0.717, 1.165) is 11.3 Å². The number of anilines is 1. The van der Waals surface area contributed by atoms with Crippen LogP contribution in [0.25, 0.3) is 0 Å². The SMILES string of the molecule is CC(C)OC1C(=C=O)Cc2ccccc2N1OC(C)C. The van der Waals surface area contributed by atoms with Gasteiger partial charge in [-0.3, -0.25) is 4.84 Å². The molecule has 108 valence electrons. The molecule has 1 heterocycles. The summed E-state index contributed by atoms with van der Waals surface area (Å²) in [6.07, 6.45) is 0.0265. The maximum Gasteiger partial charge on any atom is 0.187 e. The Bertz CT molecular complexity index is 518. The lowest BCUT2D eigenvalue weighted by Gasteiger charge is -2.39. The Labute approximate surface area is 119 Å². The van der Waals surface area contributed by atoms with Crippen LogP contribution in [0.15, 0.2) is 29.8 Å². The van der Waals surface area contributed by atoms with Gasteiger partial charge in [-0.25, -0.2) is 9.86 Å². The number of ether oxygens (including phenoxy) is 1. The molecule has 0 amide bonds. The van der Waals surface area contributed by atoms with E-state index in [9.17, 15) is 4.79 Å². The second-order valence-corrected chi connectivity index (χ2v) is 5.45. The highest BCUT2D eigenvalue weighted by Crippen LogP contribution is 2.34. The molecule has 1 unspecified atom stereocenters. The quantitative estimate of drug-likeness (QED) is 0.792. The van der Waals surface area contributed by atoms with Crippen molar-refractivity contribution in [3.63, 3.8) is 0 Å². The first-order valence-corrected chi connectivity index (χ1v) is 6.96. The second-order valence-electron chi connectivity index (χ2n) is 5.45. The minimum atomic E-state index is -0.509. The van der Waals surface area contributed by atoms with Gasteiger partial charge < -0.3 is 4.74 Å². The Hall–Kier alpha value is -1.61. The van der Waals surface area contributed by atoms with Crippen molar-refractivity contribution in [3.05, 3.63) is 35.4 Å². The largest absolute Gasteiger partial charge is 0.349 e. The molecule has 0 N–H and O–H groups in total. The molecule has 0 fully saturated rings. The first kappa shape index (κ1) is 14.8. The van der Waals surface area contributed by atoms with Crippen LogP contribution in [0.3, 0.4) is 0 Å². The van der Waals surface area contributed by atoms with Crippen LogP contribution in [0.5, 0.6) is 0 Å². The number of benzene rings is 1. The maximum absolute atomic E-state index is 11.3. The smallest absolute Gasteiger partial charge is 0.187 e. The number of para-hydroxylation sites is 1. The molecule has 0 aromatic heterocycles. The van der Waals surface area contributed by atoms with Crippen LogP contribution in [-0.2, 0) is 20.8 Å². The van der Waals surface area contributed by atoms with E-state index in [1.165, 1.54) is 0 Å². The number of carbonyl (C=O) groups excluding carboxylic acids is 1. The van der Waals surface area contributed by atoms with Gasteiger partial charge in [0.2, 0.25) is 0 Å². The summed E-state index contributed by atoms with van der Waals surface area (Å²) in [5.74, 6) is 2.02. The highest BCUT2D eigenvalue weighted by molar-refractivity contribution is 5.65. The average molecular weight is 275 g/mol. The third-order valence-electron chi connectivity index (χ3n) is 2.98. The minimum absolute atomic E-state index is 0.00711. The summed E-state index contributed by atoms with van der Waals surface area (Å²) in [6.45, 7) is 7.79. The van der Waals surface area contributed by atoms with Gasteiger partial charge in [0.1, 0.15) is 5.94 Å². The molecule has 0 aliphatic carbocycles. The van der Waals surface area contributed by atoms with Crippen molar-refractivity contribution < 1.29 is 14.4 Å². The van der Waals surface area contributed by atoms with Crippen molar-refractivity contribution in [2.45, 2.75) is 52.6 Å². The highest BCUT2D eigenvalue weighted by atomic mass is 16.7. The average Bonchev–Trinajstić information content (AvgIpc) is 2.40. The van der Waals surface area contributed by atoms with Gasteiger partial charge in [0.25, 0.3) is 0 Å². The van der Waals surface area contributed by atoms with Crippen LogP contribution in [0.2, 0.25) is 0 Å². The molecule has 1 aliphatic rings. The molecular weight excluding hydrogens is 254 g/mol. The Morgan fingerprint density at radius 2 is 1.90 bits per heavy atom. The van der Waals surface area contributed by atoms with Crippen molar-refractivity contribution >= 4 is 11.6 Å². The number of hydroxylamine groups is 1. The Morgan fingerprint density at radius 3 is 2.50 bits per heavy atom. The number of rotatable bonds is 4. The first-order chi connectivity index (χ1) is 9.52. The summed E-state index contributed by atoms with van der Waals surface area (Å²) in [5.41, 5.74) is 2.57. The lowest BCUT2D eigenvalue weighted by atomic mass is 9.98. The van der Waals surface area contributed by atoms with Crippen molar-refractivity contribution in [2.75, 3.05) is 5.06 Å². The summed E-state index contributed by atoms with van der Waals surface area (Å²) in [6, 6.07) is 7.89. The zero-order valence-electron chi connectivity index (χ0n) is 12.4. The molecule has 0 spiro atoms. The molecule has 0 bridgehead atoms. The summed E-state index contributed by atoms with van der Waals surface area (Å²) < 4.78 is 5.87. The summed E-state index contributed by atoms with van der Waals surface area (Å²) in [7, 11) is 0. The van der Waals surface area contributed by atoms with E-state index in [0.29, 0.717) is 12.0 Å². The van der Waals surface area contributed by atoms with Crippen LogP contribution in [0.4, 0.5) is 5.69 Å². The molecular formula is C16H21NO3. The third kappa shape index (κ3) is 3.10. The number of hydrogen-bond donors (Lipinski definition) is 0. The Morgan fingerprint density at radius 1 is 1.20 bits per heavy atom. The number of fused-ring (bicyclic) bond motifs is 1. The summed E-state index contributed by atoms with van der Waals surface area (Å²) in [4.78, 5) is 17.1. The highest BCUT2D eigenvalue weighted by Gasteiger charge is 2.33. The molecule has 0 saturated heterocycles. The molecule has 20 heavy (non-hydrogen) atoms. The lowest BCUT2D eigenvalue weighted by Crippen LogP contribution is -2.45. The van der Waals surface area contributed by atoms with Crippen molar-refractivity contribution in [3.8, 4) is 0 Å². The van der Waals surface area contributed by atoms with Gasteiger partial charge in [-0.15, -0.1) is 0 Å². The van der Waals surface area contributed by atoms with Gasteiger partial charge >= 0.3 is 0 Å². The Balaban J connectivity index is 2.44. The van der Waals surface area contributed by atoms with Crippen LogP contribution < -0.4 is 5.06 Å². The molecule has 0 saturated carbocycles. The predicted octanol–water partition coefficient (Wildman–Crippen LogP) is 2.90. The van der Waals surface area contributed by atoms with Gasteiger partial charge in [-0.05, 0) is 39.3 Å². The minimum Gasteiger partial charge on any atom is -0.349 e. The van der Waals surface area contributed by atoms with Crippen molar-refractivity contribution in [1.82, 2.24) is 0 Å². The fourth-order valence-electron chi connectivity index (χ4n) is 2.26. The van der Waals surface area contributed by atoms with Crippen LogP contribution >= 0.6 is 0 Å². The van der Waals surface area contributed by atoms with E-state index in [-0.39, 0.29) is 12.2 Å². The lowest BCUT2D eigenvalue weighted by molar-refractivity contribution is -0.0645. The van der Waals surface area contributed by atoms with E-state index in [1.807, 2.05) is 57.9 Å². The normalized spacial score (nSPS) is 18.4. The molecule has 1 aromatic rings. The van der Waals surface area contributed by atoms with Crippen molar-refractivity contribution in [1.29, 1.82) is 0 Å². The number of nitrogens with zero attached hydrogens (tertiary/aromatic N) is 1. The molecule has 2 rings (SSSR count). The summed E-state index contributed by atoms with van der Waals surface area (Å²) >= 11 is 0. The van der Waals surface area contributed by atoms with Gasteiger partial charge in [-0.1, -0.05) is 18.2 Å². The Kier molecular flexibility index (Phi) is 4.61. The van der Waals surface area contributed by atoms with Crippen LogP contribution in [-0.4, -0.2) is 24.4 Å². The van der Waals surface area contributed by atoms with Crippen LogP contribution in [0, 0.1) is 0 Å². The predicted molar refractivity (Wildman–Crippen MR) is 78.1 cm³/mol. The molecule has 1 atom stereocenters. The second kappa shape index (κ2) is 6.23. The van der Waals surface area contributed by atoms with E-state index >= 15 is 0 Å². The van der Waals surface area contributed by atoms with Gasteiger partial charge in [0, 0.05) is 6.42 Å². The van der Waals surface area contributed by atoms with Crippen LogP contribution in [0.1, 0.15) is 33.3 Å². The first-order valence-electron chi connectivity index (χ1n) is 6.96. The fraction of sp³-hybridized carbons (Fsp3) is 0.500. The van der Waals surface area contributed by atoms with Gasteiger partial charge in [0.15, 0.2) is 6.23 Å². The fourth-order valence-corrected chi connectivity index (χ4v) is 2.26. The molecule has 1 aliphatic heterocycles. The van der Waals surface area contributed by atoms with E-state index in [1.54, 1.807) is 5.06 Å². The third-order valence-corrected chi connectivity index (χ3v) is 2.98. The standard InChI is InChI=1S/C16H21NO3/c1-11(2)19-16-14(10-18)9-13-7-5-6-8-15(13)17(16)20-12(3)4/h5-8,11-12,16H,9H2,1-4H3. The van der Waals surface area contributed by atoms with E-state index < -0.39 is 6.23 Å². The topological polar surface area (TPSA) is 38.8 Å². The number of hydrogen-bond acceptors (Lipinski definition) is 4. The van der Waals surface area contributed by atoms with Gasteiger partial charge in [0.05, 0.1) is 23.5 Å².